The van der Waals surface area contributed by atoms with Crippen LogP contribution in [0.15, 0.2) is 54.6 Å². The van der Waals surface area contributed by atoms with Crippen molar-refractivity contribution in [1.29, 1.82) is 32.5 Å². The van der Waals surface area contributed by atoms with E-state index < -0.39 is 288 Å². The van der Waals surface area contributed by atoms with Crippen LogP contribution in [0.5, 0.6) is 5.75 Å². The zero-order valence-corrected chi connectivity index (χ0v) is 86.7. The zero-order valence-electron chi connectivity index (χ0n) is 83.4. The number of hydrogen-bond acceptors (Lipinski definition) is 30. The van der Waals surface area contributed by atoms with Crippen molar-refractivity contribution in [1.82, 2.24) is 122 Å². The minimum atomic E-state index is -1.86. The Bertz CT molecular complexity index is 4860. The Morgan fingerprint density at radius 2 is 0.770 bits per heavy atom. The third-order valence-electron chi connectivity index (χ3n) is 22.2. The van der Waals surface area contributed by atoms with Crippen molar-refractivity contribution in [2.75, 3.05) is 81.9 Å². The number of nitrogens with two attached hydrogens (primary N) is 8. The Hall–Kier alpha value is -14.3. The van der Waals surface area contributed by atoms with Crippen LogP contribution in [-0.2, 0) is 99.1 Å². The third-order valence-corrected chi connectivity index (χ3v) is 27.0. The second kappa shape index (κ2) is 67.5. The molecular weight excluding hydrogens is 2010 g/mol. The van der Waals surface area contributed by atoms with Crippen LogP contribution in [0.4, 0.5) is 0 Å². The number of primary amides is 1. The first kappa shape index (κ1) is 126. The van der Waals surface area contributed by atoms with Crippen molar-refractivity contribution < 1.29 is 91.4 Å². The molecule has 2 bridgehead atoms. The monoisotopic (exact) mass is 2150 g/mol. The molecule has 2 heterocycles. The van der Waals surface area contributed by atoms with Crippen molar-refractivity contribution in [3.05, 3.63) is 65.7 Å². The summed E-state index contributed by atoms with van der Waals surface area (Å²) < 4.78 is 0. The van der Waals surface area contributed by atoms with Gasteiger partial charge in [0.1, 0.15) is 90.3 Å². The van der Waals surface area contributed by atoms with Gasteiger partial charge in [-0.2, -0.15) is 0 Å². The highest BCUT2D eigenvalue weighted by molar-refractivity contribution is 8.77. The Labute approximate surface area is 872 Å². The molecule has 2 saturated heterocycles. The maximum absolute atomic E-state index is 15.8. The molecule has 0 spiro atoms. The van der Waals surface area contributed by atoms with E-state index in [4.69, 9.17) is 78.3 Å². The molecule has 56 nitrogen and oxygen atoms in total. The number of aromatic hydroxyl groups is 1. The van der Waals surface area contributed by atoms with Crippen LogP contribution in [0.3, 0.4) is 0 Å². The molecule has 0 aromatic heterocycles. The largest absolute Gasteiger partial charge is 0.508 e. The first-order valence-corrected chi connectivity index (χ1v) is 52.9. The van der Waals surface area contributed by atoms with Crippen molar-refractivity contribution in [2.45, 2.75) is 228 Å². The zero-order chi connectivity index (χ0) is 110. The second-order valence-corrected chi connectivity index (χ2v) is 40.9. The lowest BCUT2D eigenvalue weighted by Crippen LogP contribution is -2.62. The van der Waals surface area contributed by atoms with Gasteiger partial charge in [0, 0.05) is 75.1 Å². The standard InChI is InChI=1S/C88H147N37O19S4/c1-44(2)34-56(117-70(132)52(20-12-30-105-85(95)96)113-64(128)38-109-63(127)37-110-69(131)50(89)18-10-28-103-83(91)92)74(136)120-60-41-146-148-43-62(80(142)124-66(45(3)4)81(143)111-39-65(129)112-51(68(90)130)19-11-29-104-84(93)94)123-82(144)67(46(5)6)125-79(141)61-42-147-145-40-59(121-76(138)58(119-78(60)140)36-48-24-26-49(126)27-25-48)77(139)116-54(22-14-32-107-87(99)100)72(134)114-53(21-13-31-106-86(97)98)71(133)115-55(23-15-33-108-88(101)102)73(135)118-57(75(137)122-61)35-47-16-8-7-9-17-47/h7-9,16-17,24-27,44-46,50-62,66-67,126H,10-15,18-23,28-43,89H2,1-6H3,(H2,90,130)(H,109,127)(H,110,131)(H,111,143)(H,112,129)(H,113,128)(H,114,134)(H,115,133)(H,116,139)(H,117,132)(H,118,135)(H,119,140)(H,120,136)(H,121,138)(H,122,137)(H,123,144)(H,124,142)(H,125,141)(H4,91,92,103)(H4,93,94,104)(H4,95,96,105)(H4,97,98,106)(H4,99,100,107)(H4,101,102,108)/t50-,51-,52-,53-,54-,55-,56-,57-,58-,59-,60-,61-,62-,66-,67-/m0/s1. The van der Waals surface area contributed by atoms with E-state index in [1.165, 1.54) is 52.0 Å². The molecule has 0 saturated carbocycles. The van der Waals surface area contributed by atoms with E-state index in [9.17, 15) is 38.7 Å². The van der Waals surface area contributed by atoms with Crippen LogP contribution in [0, 0.1) is 50.2 Å². The van der Waals surface area contributed by atoms with E-state index in [-0.39, 0.29) is 146 Å². The van der Waals surface area contributed by atoms with Gasteiger partial charge < -0.3 is 173 Å². The molecule has 2 aliphatic rings. The molecule has 0 radical (unpaired) electrons. The summed E-state index contributed by atoms with van der Waals surface area (Å²) in [4.78, 5) is 265. The minimum absolute atomic E-state index is 0.00534. The maximum atomic E-state index is 15.8. The molecule has 60 heteroatoms. The molecular formula is C88H147N37O19S4. The molecule has 0 aliphatic carbocycles. The number of benzene rings is 2. The quantitative estimate of drug-likeness (QED) is 0.0127. The van der Waals surface area contributed by atoms with Gasteiger partial charge in [-0.25, -0.2) is 0 Å². The van der Waals surface area contributed by atoms with Crippen molar-refractivity contribution in [3.8, 4) is 5.75 Å². The van der Waals surface area contributed by atoms with Crippen molar-refractivity contribution >= 4 is 185 Å². The Balaban J connectivity index is 2.08. The summed E-state index contributed by atoms with van der Waals surface area (Å²) in [7, 11) is 3.14. The summed E-state index contributed by atoms with van der Waals surface area (Å²) >= 11 is 0. The van der Waals surface area contributed by atoms with Crippen LogP contribution >= 0.6 is 43.2 Å². The van der Waals surface area contributed by atoms with Crippen molar-refractivity contribution in [3.63, 3.8) is 0 Å². The van der Waals surface area contributed by atoms with Gasteiger partial charge in [0.25, 0.3) is 0 Å². The number of guanidine groups is 6. The highest BCUT2D eigenvalue weighted by Crippen LogP contribution is 2.27. The summed E-state index contributed by atoms with van der Waals surface area (Å²) in [6, 6.07) is -10.8. The number of hydrogen-bond donors (Lipinski definition) is 38. The van der Waals surface area contributed by atoms with Gasteiger partial charge in [-0.15, -0.1) is 0 Å². The lowest BCUT2D eigenvalue weighted by Gasteiger charge is -2.30. The minimum Gasteiger partial charge on any atom is -0.508 e. The van der Waals surface area contributed by atoms with Crippen LogP contribution in [0.1, 0.15) is 136 Å². The average molecular weight is 2160 g/mol. The van der Waals surface area contributed by atoms with Gasteiger partial charge in [0.2, 0.25) is 106 Å². The first-order valence-electron chi connectivity index (χ1n) is 47.9. The van der Waals surface area contributed by atoms with Crippen LogP contribution < -0.4 is 168 Å². The van der Waals surface area contributed by atoms with Gasteiger partial charge >= 0.3 is 0 Å². The van der Waals surface area contributed by atoms with Gasteiger partial charge in [-0.05, 0) is 124 Å². The first-order chi connectivity index (χ1) is 70.0. The maximum Gasteiger partial charge on any atom is 0.244 e. The van der Waals surface area contributed by atoms with E-state index in [0.29, 0.717) is 12.0 Å². The molecule has 15 atom stereocenters. The number of carbonyl (C=O) groups is 18. The van der Waals surface area contributed by atoms with E-state index in [0.717, 1.165) is 43.2 Å². The highest BCUT2D eigenvalue weighted by Gasteiger charge is 2.41. The topological polar surface area (TPSA) is 955 Å². The Kier molecular flexibility index (Phi) is 57.4. The van der Waals surface area contributed by atoms with Crippen LogP contribution in [0.25, 0.3) is 0 Å². The number of rotatable bonds is 49. The molecule has 4 rings (SSSR count). The summed E-state index contributed by atoms with van der Waals surface area (Å²) in [5, 5.41) is 116. The van der Waals surface area contributed by atoms with Gasteiger partial charge in [0.05, 0.1) is 25.7 Å². The fourth-order valence-corrected chi connectivity index (χ4v) is 19.0. The van der Waals surface area contributed by atoms with E-state index in [1.54, 1.807) is 44.2 Å². The highest BCUT2D eigenvalue weighted by atomic mass is 33.1. The van der Waals surface area contributed by atoms with Crippen molar-refractivity contribution in [2.24, 2.45) is 63.6 Å². The number of phenolic OH excluding ortho intramolecular Hbond substituents is 1. The number of nitrogens with one attached hydrogen (secondary N) is 29. The molecule has 46 N–H and O–H groups in total. The molecule has 2 aliphatic heterocycles. The van der Waals surface area contributed by atoms with Gasteiger partial charge in [-0.1, -0.05) is 127 Å². The molecule has 2 fully saturated rings. The lowest BCUT2D eigenvalue weighted by molar-refractivity contribution is -0.136. The van der Waals surface area contributed by atoms with Crippen LogP contribution in [-0.4, -0.2) is 320 Å². The summed E-state index contributed by atoms with van der Waals surface area (Å²) in [5.74, 6) is -25.2. The average Bonchev–Trinajstić information content (AvgIpc) is 0.839. The molecule has 148 heavy (non-hydrogen) atoms. The molecule has 18 amide bonds. The number of carbonyl (C=O) groups excluding carboxylic acids is 18. The Morgan fingerprint density at radius 1 is 0.378 bits per heavy atom. The van der Waals surface area contributed by atoms with Gasteiger partial charge in [-0.3, -0.25) is 119 Å². The van der Waals surface area contributed by atoms with E-state index in [2.05, 4.69) is 122 Å². The Morgan fingerprint density at radius 3 is 1.23 bits per heavy atom. The van der Waals surface area contributed by atoms with Crippen LogP contribution in [0.2, 0.25) is 0 Å². The van der Waals surface area contributed by atoms with Gasteiger partial charge in [0.15, 0.2) is 35.8 Å². The predicted molar refractivity (Wildman–Crippen MR) is 559 cm³/mol. The SMILES string of the molecule is CC(C)C[C@H](NC(=O)[C@H](CCCNC(=N)N)NC(=O)CNC(=O)CNC(=O)[C@@H](N)CCCNC(=N)N)C(=O)N[C@H]1CSSC[C@@H](C(=O)N[C@H](C(=O)NCC(=O)N[C@@H](CCCNC(=N)N)C(N)=O)C(C)C)NC(=O)[C@H](C(C)C)NC(=O)[C@@H]2CSSC[C@H](NC(=O)[C@H](Cc3ccc(O)cc3)NC1=O)C(=O)N[C@@H](CCCNC(=N)N)C(=O)N[C@@H](CCCNC(=N)N)C(=O)N[C@@H](CCCNC(=N)N)C(=O)N[C@@H](Cc1ccccc1)C(=O)N2. The smallest absolute Gasteiger partial charge is 0.244 e. The third kappa shape index (κ3) is 50.7. The molecule has 2 aromatic carbocycles. The fraction of sp³-hybridized carbons (Fsp3) is 0.591. The summed E-state index contributed by atoms with van der Waals surface area (Å²) in [6.45, 7) is 7.42. The molecule has 2 aromatic rings. The second-order valence-electron chi connectivity index (χ2n) is 35.8. The summed E-state index contributed by atoms with van der Waals surface area (Å²) in [6.07, 6.45) is -1.36. The summed E-state index contributed by atoms with van der Waals surface area (Å²) in [5.41, 5.74) is 45.5. The predicted octanol–water partition coefficient (Wildman–Crippen LogP) is -10.1. The number of phenols is 1. The molecule has 822 valence electrons. The van der Waals surface area contributed by atoms with E-state index >= 15 is 52.7 Å². The number of fused-ring (bicyclic) bond motifs is 5. The molecule has 0 unspecified atom stereocenters. The van der Waals surface area contributed by atoms with E-state index in [1.807, 2.05) is 0 Å². The fourth-order valence-electron chi connectivity index (χ4n) is 14.3. The number of amides is 18. The normalized spacial score (nSPS) is 20.1. The lowest BCUT2D eigenvalue weighted by atomic mass is 10.0.